The van der Waals surface area contributed by atoms with E-state index < -0.39 is 0 Å². The second kappa shape index (κ2) is 14.1. The Morgan fingerprint density at radius 2 is 1.82 bits per heavy atom. The summed E-state index contributed by atoms with van der Waals surface area (Å²) >= 11 is 0. The second-order valence-electron chi connectivity index (χ2n) is 4.30. The van der Waals surface area contributed by atoms with E-state index >= 15 is 0 Å². The molecule has 0 aliphatic rings. The van der Waals surface area contributed by atoms with Gasteiger partial charge in [0.15, 0.2) is 5.96 Å². The van der Waals surface area contributed by atoms with Crippen molar-refractivity contribution >= 4 is 29.9 Å². The number of hydrogen-bond donors (Lipinski definition) is 2. The fourth-order valence-corrected chi connectivity index (χ4v) is 1.65. The standard InChI is InChI=1S/C13H29N3.HI/c1-5-8-9-12(7-3)11-16-13(14-4)15-10-6-2;/h12H,5-11H2,1-4H3,(H2,14,15,16);1H. The smallest absolute Gasteiger partial charge is 0.190 e. The molecule has 0 heterocycles. The quantitative estimate of drug-likeness (QED) is 0.398. The molecule has 0 aromatic rings. The lowest BCUT2D eigenvalue weighted by atomic mass is 9.99. The molecule has 17 heavy (non-hydrogen) atoms. The summed E-state index contributed by atoms with van der Waals surface area (Å²) in [5.74, 6) is 1.72. The van der Waals surface area contributed by atoms with Crippen LogP contribution in [-0.4, -0.2) is 26.1 Å². The van der Waals surface area contributed by atoms with E-state index in [2.05, 4.69) is 36.4 Å². The monoisotopic (exact) mass is 355 g/mol. The summed E-state index contributed by atoms with van der Waals surface area (Å²) in [6, 6.07) is 0. The van der Waals surface area contributed by atoms with Gasteiger partial charge in [-0.3, -0.25) is 4.99 Å². The molecule has 0 aromatic carbocycles. The number of rotatable bonds is 8. The van der Waals surface area contributed by atoms with Crippen LogP contribution >= 0.6 is 24.0 Å². The first-order chi connectivity index (χ1) is 7.78. The largest absolute Gasteiger partial charge is 0.356 e. The molecule has 0 spiro atoms. The minimum atomic E-state index is 0. The molecule has 0 rings (SSSR count). The highest BCUT2D eigenvalue weighted by molar-refractivity contribution is 14.0. The Morgan fingerprint density at radius 1 is 1.12 bits per heavy atom. The fraction of sp³-hybridized carbons (Fsp3) is 0.923. The van der Waals surface area contributed by atoms with Crippen molar-refractivity contribution in [2.45, 2.75) is 52.9 Å². The van der Waals surface area contributed by atoms with E-state index in [0.717, 1.165) is 31.4 Å². The molecule has 3 nitrogen and oxygen atoms in total. The lowest BCUT2D eigenvalue weighted by Gasteiger charge is -2.17. The zero-order chi connectivity index (χ0) is 12.2. The molecule has 0 aliphatic heterocycles. The number of halogens is 1. The van der Waals surface area contributed by atoms with Gasteiger partial charge in [0, 0.05) is 20.1 Å². The van der Waals surface area contributed by atoms with Crippen molar-refractivity contribution in [2.24, 2.45) is 10.9 Å². The zero-order valence-electron chi connectivity index (χ0n) is 11.9. The third-order valence-electron chi connectivity index (χ3n) is 2.87. The summed E-state index contributed by atoms with van der Waals surface area (Å²) in [7, 11) is 1.83. The van der Waals surface area contributed by atoms with Gasteiger partial charge < -0.3 is 10.6 Å². The van der Waals surface area contributed by atoms with Gasteiger partial charge in [-0.15, -0.1) is 24.0 Å². The Labute approximate surface area is 124 Å². The minimum Gasteiger partial charge on any atom is -0.356 e. The van der Waals surface area contributed by atoms with Gasteiger partial charge in [-0.1, -0.05) is 40.0 Å². The average Bonchev–Trinajstić information content (AvgIpc) is 2.33. The van der Waals surface area contributed by atoms with Crippen LogP contribution in [0.4, 0.5) is 0 Å². The number of nitrogens with one attached hydrogen (secondary N) is 2. The lowest BCUT2D eigenvalue weighted by Crippen LogP contribution is -2.40. The van der Waals surface area contributed by atoms with E-state index in [1.165, 1.54) is 25.7 Å². The first-order valence-electron chi connectivity index (χ1n) is 6.72. The first-order valence-corrected chi connectivity index (χ1v) is 6.72. The van der Waals surface area contributed by atoms with Crippen LogP contribution in [-0.2, 0) is 0 Å². The van der Waals surface area contributed by atoms with E-state index in [0.29, 0.717) is 0 Å². The van der Waals surface area contributed by atoms with Crippen molar-refractivity contribution in [3.8, 4) is 0 Å². The summed E-state index contributed by atoms with van der Waals surface area (Å²) < 4.78 is 0. The second-order valence-corrected chi connectivity index (χ2v) is 4.30. The average molecular weight is 355 g/mol. The molecule has 0 bridgehead atoms. The van der Waals surface area contributed by atoms with Gasteiger partial charge in [-0.25, -0.2) is 0 Å². The van der Waals surface area contributed by atoms with Crippen LogP contribution in [0.3, 0.4) is 0 Å². The first kappa shape index (κ1) is 19.3. The minimum absolute atomic E-state index is 0. The lowest BCUT2D eigenvalue weighted by molar-refractivity contribution is 0.443. The Morgan fingerprint density at radius 3 is 2.29 bits per heavy atom. The van der Waals surface area contributed by atoms with E-state index in [4.69, 9.17) is 0 Å². The van der Waals surface area contributed by atoms with Crippen molar-refractivity contribution in [3.63, 3.8) is 0 Å². The topological polar surface area (TPSA) is 36.4 Å². The number of nitrogens with zero attached hydrogens (tertiary/aromatic N) is 1. The molecule has 0 aliphatic carbocycles. The van der Waals surface area contributed by atoms with E-state index in [-0.39, 0.29) is 24.0 Å². The Bertz CT molecular complexity index is 184. The highest BCUT2D eigenvalue weighted by Gasteiger charge is 2.06. The molecule has 0 fully saturated rings. The predicted molar refractivity (Wildman–Crippen MR) is 88.4 cm³/mol. The highest BCUT2D eigenvalue weighted by atomic mass is 127. The molecule has 0 aromatic heterocycles. The third kappa shape index (κ3) is 10.9. The molecule has 0 amide bonds. The molecule has 4 heteroatoms. The van der Waals surface area contributed by atoms with Crippen LogP contribution in [0.25, 0.3) is 0 Å². The van der Waals surface area contributed by atoms with Crippen LogP contribution in [0.1, 0.15) is 52.9 Å². The van der Waals surface area contributed by atoms with E-state index in [9.17, 15) is 0 Å². The SMILES string of the molecule is CCCCC(CC)CNC(=NC)NCCC.I. The van der Waals surface area contributed by atoms with E-state index in [1.807, 2.05) is 7.05 Å². The van der Waals surface area contributed by atoms with Gasteiger partial charge in [0.2, 0.25) is 0 Å². The maximum atomic E-state index is 4.21. The maximum absolute atomic E-state index is 4.21. The van der Waals surface area contributed by atoms with Crippen molar-refractivity contribution < 1.29 is 0 Å². The fourth-order valence-electron chi connectivity index (χ4n) is 1.65. The summed E-state index contributed by atoms with van der Waals surface area (Å²) in [6.07, 6.45) is 6.33. The normalized spacial score (nSPS) is 12.8. The molecule has 0 saturated heterocycles. The molecule has 1 atom stereocenters. The van der Waals surface area contributed by atoms with Crippen LogP contribution in [0.2, 0.25) is 0 Å². The van der Waals surface area contributed by atoms with Gasteiger partial charge in [0.1, 0.15) is 0 Å². The summed E-state index contributed by atoms with van der Waals surface area (Å²) in [4.78, 5) is 4.21. The summed E-state index contributed by atoms with van der Waals surface area (Å²) in [5, 5.41) is 6.70. The van der Waals surface area contributed by atoms with Gasteiger partial charge in [-0.05, 0) is 18.8 Å². The number of guanidine groups is 1. The maximum Gasteiger partial charge on any atom is 0.190 e. The molecule has 0 radical (unpaired) electrons. The molecular weight excluding hydrogens is 325 g/mol. The number of hydrogen-bond acceptors (Lipinski definition) is 1. The third-order valence-corrected chi connectivity index (χ3v) is 2.87. The van der Waals surface area contributed by atoms with Crippen molar-refractivity contribution in [1.82, 2.24) is 10.6 Å². The Hall–Kier alpha value is 0. The van der Waals surface area contributed by atoms with Crippen LogP contribution in [0, 0.1) is 5.92 Å². The van der Waals surface area contributed by atoms with Gasteiger partial charge in [0.05, 0.1) is 0 Å². The van der Waals surface area contributed by atoms with E-state index in [1.54, 1.807) is 0 Å². The summed E-state index contributed by atoms with van der Waals surface area (Å²) in [6.45, 7) is 8.72. The van der Waals surface area contributed by atoms with Crippen LogP contribution in [0.15, 0.2) is 4.99 Å². The molecule has 2 N–H and O–H groups in total. The van der Waals surface area contributed by atoms with Crippen LogP contribution in [0.5, 0.6) is 0 Å². The summed E-state index contributed by atoms with van der Waals surface area (Å²) in [5.41, 5.74) is 0. The molecule has 0 saturated carbocycles. The van der Waals surface area contributed by atoms with Gasteiger partial charge >= 0.3 is 0 Å². The number of unbranched alkanes of at least 4 members (excludes halogenated alkanes) is 1. The molecule has 104 valence electrons. The van der Waals surface area contributed by atoms with Gasteiger partial charge in [0.25, 0.3) is 0 Å². The Kier molecular flexibility index (Phi) is 16.0. The zero-order valence-corrected chi connectivity index (χ0v) is 14.2. The van der Waals surface area contributed by atoms with Crippen LogP contribution < -0.4 is 10.6 Å². The van der Waals surface area contributed by atoms with Gasteiger partial charge in [-0.2, -0.15) is 0 Å². The number of aliphatic imine (C=N–C) groups is 1. The molecule has 1 unspecified atom stereocenters. The molecular formula is C13H30IN3. The van der Waals surface area contributed by atoms with Crippen molar-refractivity contribution in [2.75, 3.05) is 20.1 Å². The predicted octanol–water partition coefficient (Wildman–Crippen LogP) is 3.40. The Balaban J connectivity index is 0. The van der Waals surface area contributed by atoms with Crippen molar-refractivity contribution in [3.05, 3.63) is 0 Å². The van der Waals surface area contributed by atoms with Crippen molar-refractivity contribution in [1.29, 1.82) is 0 Å². The highest BCUT2D eigenvalue weighted by Crippen LogP contribution is 2.10.